The molecule has 3 nitrogen and oxygen atoms in total. The molecule has 0 saturated heterocycles. The average Bonchev–Trinajstić information content (AvgIpc) is 2.72. The van der Waals surface area contributed by atoms with E-state index in [1.807, 2.05) is 0 Å². The smallest absolute Gasteiger partial charge is 0.309 e. The first-order chi connectivity index (χ1) is 15.1. The molecule has 0 aromatic carbocycles. The monoisotopic (exact) mass is 456 g/mol. The van der Waals surface area contributed by atoms with Gasteiger partial charge in [-0.25, -0.2) is 0 Å². The lowest BCUT2D eigenvalue weighted by Gasteiger charge is -2.72. The first-order valence-corrected chi connectivity index (χ1v) is 13.8. The van der Waals surface area contributed by atoms with Crippen molar-refractivity contribution in [2.45, 2.75) is 119 Å². The van der Waals surface area contributed by atoms with Crippen molar-refractivity contribution in [3.05, 3.63) is 11.6 Å². The lowest BCUT2D eigenvalue weighted by molar-refractivity contribution is -0.237. The van der Waals surface area contributed by atoms with E-state index in [2.05, 4.69) is 54.5 Å². The normalized spacial score (nSPS) is 52.4. The maximum absolute atomic E-state index is 12.8. The lowest BCUT2D eigenvalue weighted by atomic mass is 9.31. The molecule has 8 atom stereocenters. The minimum absolute atomic E-state index is 0.0700. The summed E-state index contributed by atoms with van der Waals surface area (Å²) in [5, 5.41) is 21.4. The highest BCUT2D eigenvalue weighted by atomic mass is 16.4. The standard InChI is InChI=1S/C30H48O3/c1-25(2)12-16-30(24(32)33)17-15-28(6)21-10-8-19-20(9-11-23(31)26(19,3)4)27(21,5)13-14-29(28,7)22(30)18-25/h8,20-23,31H,9-18H2,1-7H3,(H,32,33)/t20-,21+,22+,23+,27+,28-,29+,30+/m1/s1. The fourth-order valence-electron chi connectivity index (χ4n) is 10.5. The number of carboxylic acid groups (broad SMARTS) is 1. The van der Waals surface area contributed by atoms with Crippen molar-refractivity contribution in [2.75, 3.05) is 0 Å². The van der Waals surface area contributed by atoms with Crippen LogP contribution in [0, 0.1) is 50.2 Å². The second-order valence-corrected chi connectivity index (χ2v) is 15.0. The van der Waals surface area contributed by atoms with Gasteiger partial charge in [0.25, 0.3) is 0 Å². The number of allylic oxidation sites excluding steroid dienone is 1. The number of hydrogen-bond donors (Lipinski definition) is 2. The van der Waals surface area contributed by atoms with Crippen molar-refractivity contribution in [3.8, 4) is 0 Å². The van der Waals surface area contributed by atoms with Gasteiger partial charge in [0.15, 0.2) is 0 Å². The van der Waals surface area contributed by atoms with E-state index in [9.17, 15) is 15.0 Å². The Morgan fingerprint density at radius 1 is 0.848 bits per heavy atom. The summed E-state index contributed by atoms with van der Waals surface area (Å²) in [5.74, 6) is 0.906. The van der Waals surface area contributed by atoms with Crippen molar-refractivity contribution in [2.24, 2.45) is 50.2 Å². The third-order valence-corrected chi connectivity index (χ3v) is 13.1. The van der Waals surface area contributed by atoms with Gasteiger partial charge in [0.05, 0.1) is 11.5 Å². The summed E-state index contributed by atoms with van der Waals surface area (Å²) in [6.07, 6.45) is 12.6. The van der Waals surface area contributed by atoms with Crippen LogP contribution >= 0.6 is 0 Å². The first kappa shape index (κ1) is 23.9. The zero-order chi connectivity index (χ0) is 24.2. The van der Waals surface area contributed by atoms with Gasteiger partial charge in [-0.15, -0.1) is 0 Å². The summed E-state index contributed by atoms with van der Waals surface area (Å²) in [7, 11) is 0. The number of aliphatic carboxylic acids is 1. The van der Waals surface area contributed by atoms with Crippen LogP contribution in [0.4, 0.5) is 0 Å². The molecule has 5 rings (SSSR count). The highest BCUT2D eigenvalue weighted by Crippen LogP contribution is 2.77. The SMILES string of the molecule is CC1(C)CC[C@]2(C(=O)O)CC[C@]3(C)[C@H]4CC=C5[C@@H](CC[C@H](O)C5(C)C)[C@]4(C)CC[C@@]3(C)[C@@H]2C1. The molecule has 0 aromatic heterocycles. The van der Waals surface area contributed by atoms with E-state index in [4.69, 9.17) is 0 Å². The number of rotatable bonds is 1. The molecule has 0 radical (unpaired) electrons. The van der Waals surface area contributed by atoms with Crippen LogP contribution in [0.15, 0.2) is 11.6 Å². The summed E-state index contributed by atoms with van der Waals surface area (Å²) in [4.78, 5) is 12.8. The summed E-state index contributed by atoms with van der Waals surface area (Å²) >= 11 is 0. The third kappa shape index (κ3) is 2.87. The molecular formula is C30H48O3. The molecule has 4 fully saturated rings. The second kappa shape index (κ2) is 6.89. The van der Waals surface area contributed by atoms with Crippen molar-refractivity contribution in [1.82, 2.24) is 0 Å². The van der Waals surface area contributed by atoms with Gasteiger partial charge in [-0.05, 0) is 104 Å². The quantitative estimate of drug-likeness (QED) is 0.409. The predicted molar refractivity (Wildman–Crippen MR) is 133 cm³/mol. The van der Waals surface area contributed by atoms with Crippen molar-refractivity contribution >= 4 is 5.97 Å². The van der Waals surface area contributed by atoms with E-state index in [1.54, 1.807) is 0 Å². The number of aliphatic hydroxyl groups is 1. The van der Waals surface area contributed by atoms with Crippen LogP contribution in [0.1, 0.15) is 113 Å². The Balaban J connectivity index is 1.59. The molecule has 0 spiro atoms. The Morgan fingerprint density at radius 2 is 1.45 bits per heavy atom. The molecule has 0 aliphatic heterocycles. The van der Waals surface area contributed by atoms with E-state index in [1.165, 1.54) is 12.0 Å². The molecule has 186 valence electrons. The van der Waals surface area contributed by atoms with Crippen LogP contribution in [-0.4, -0.2) is 22.3 Å². The molecule has 2 N–H and O–H groups in total. The van der Waals surface area contributed by atoms with Crippen LogP contribution < -0.4 is 0 Å². The number of hydrogen-bond acceptors (Lipinski definition) is 2. The zero-order valence-electron chi connectivity index (χ0n) is 22.3. The maximum Gasteiger partial charge on any atom is 0.309 e. The molecule has 0 unspecified atom stereocenters. The number of fused-ring (bicyclic) bond motifs is 7. The van der Waals surface area contributed by atoms with Gasteiger partial charge in [-0.3, -0.25) is 4.79 Å². The predicted octanol–water partition coefficient (Wildman–Crippen LogP) is 7.23. The summed E-state index contributed by atoms with van der Waals surface area (Å²) in [6, 6.07) is 0. The van der Waals surface area contributed by atoms with Gasteiger partial charge in [0, 0.05) is 5.41 Å². The zero-order valence-corrected chi connectivity index (χ0v) is 22.3. The average molecular weight is 457 g/mol. The van der Waals surface area contributed by atoms with Crippen molar-refractivity contribution < 1.29 is 15.0 Å². The van der Waals surface area contributed by atoms with Crippen molar-refractivity contribution in [1.29, 1.82) is 0 Å². The van der Waals surface area contributed by atoms with Gasteiger partial charge >= 0.3 is 5.97 Å². The molecule has 0 aromatic rings. The number of aliphatic hydroxyl groups excluding tert-OH is 1. The fourth-order valence-corrected chi connectivity index (χ4v) is 10.5. The van der Waals surface area contributed by atoms with E-state index < -0.39 is 11.4 Å². The van der Waals surface area contributed by atoms with Crippen LogP contribution in [0.3, 0.4) is 0 Å². The minimum Gasteiger partial charge on any atom is -0.481 e. The first-order valence-electron chi connectivity index (χ1n) is 13.8. The minimum atomic E-state index is -0.524. The van der Waals surface area contributed by atoms with Gasteiger partial charge in [0.2, 0.25) is 0 Å². The third-order valence-electron chi connectivity index (χ3n) is 13.1. The molecule has 0 heterocycles. The summed E-state index contributed by atoms with van der Waals surface area (Å²) < 4.78 is 0. The van der Waals surface area contributed by atoms with E-state index in [-0.39, 0.29) is 39.1 Å². The van der Waals surface area contributed by atoms with Crippen LogP contribution in [0.2, 0.25) is 0 Å². The van der Waals surface area contributed by atoms with E-state index in [0.29, 0.717) is 11.8 Å². The molecule has 5 aliphatic carbocycles. The molecule has 0 bridgehead atoms. The highest BCUT2D eigenvalue weighted by Gasteiger charge is 2.71. The lowest BCUT2D eigenvalue weighted by Crippen LogP contribution is -2.67. The van der Waals surface area contributed by atoms with Gasteiger partial charge in [-0.1, -0.05) is 60.1 Å². The largest absolute Gasteiger partial charge is 0.481 e. The molecular weight excluding hydrogens is 408 g/mol. The summed E-state index contributed by atoms with van der Waals surface area (Å²) in [5.41, 5.74) is 1.58. The Kier molecular flexibility index (Phi) is 4.99. The topological polar surface area (TPSA) is 57.5 Å². The number of carbonyl (C=O) groups is 1. The second-order valence-electron chi connectivity index (χ2n) is 15.0. The molecule has 0 amide bonds. The molecule has 33 heavy (non-hydrogen) atoms. The highest BCUT2D eigenvalue weighted by molar-refractivity contribution is 5.76. The Bertz CT molecular complexity index is 885. The van der Waals surface area contributed by atoms with Gasteiger partial charge < -0.3 is 10.2 Å². The Hall–Kier alpha value is -0.830. The molecule has 5 aliphatic rings. The Labute approximate surface area is 201 Å². The van der Waals surface area contributed by atoms with E-state index >= 15 is 0 Å². The molecule has 4 saturated carbocycles. The van der Waals surface area contributed by atoms with E-state index in [0.717, 1.165) is 57.8 Å². The van der Waals surface area contributed by atoms with Gasteiger partial charge in [0.1, 0.15) is 0 Å². The van der Waals surface area contributed by atoms with Crippen LogP contribution in [0.5, 0.6) is 0 Å². The maximum atomic E-state index is 12.8. The Morgan fingerprint density at radius 3 is 2.12 bits per heavy atom. The van der Waals surface area contributed by atoms with Crippen LogP contribution in [0.25, 0.3) is 0 Å². The van der Waals surface area contributed by atoms with Gasteiger partial charge in [-0.2, -0.15) is 0 Å². The van der Waals surface area contributed by atoms with Crippen LogP contribution in [-0.2, 0) is 4.79 Å². The summed E-state index contributed by atoms with van der Waals surface area (Å²) in [6.45, 7) is 16.9. The number of carboxylic acids is 1. The van der Waals surface area contributed by atoms with Crippen molar-refractivity contribution in [3.63, 3.8) is 0 Å². The molecule has 3 heteroatoms. The fraction of sp³-hybridized carbons (Fsp3) is 0.900.